The highest BCUT2D eigenvalue weighted by Gasteiger charge is 1.82. The molecule has 0 atom stereocenters. The Kier molecular flexibility index (Phi) is 6.20. The minimum absolute atomic E-state index is 0.211. The van der Waals surface area contributed by atoms with E-state index in [0.29, 0.717) is 12.4 Å². The Balaban J connectivity index is 0.000000255. The second kappa shape index (κ2) is 6.95. The van der Waals surface area contributed by atoms with Crippen LogP contribution in [0.5, 0.6) is 5.75 Å². The number of benzene rings is 1. The number of aryl methyl sites for hydroxylation is 1. The van der Waals surface area contributed by atoms with Crippen molar-refractivity contribution in [1.82, 2.24) is 0 Å². The summed E-state index contributed by atoms with van der Waals surface area (Å²) in [5.74, 6) is 0.119. The van der Waals surface area contributed by atoms with E-state index in [9.17, 15) is 4.79 Å². The molecule has 0 saturated heterocycles. The second-order valence-corrected chi connectivity index (χ2v) is 2.76. The molecule has 0 aromatic heterocycles. The van der Waals surface area contributed by atoms with E-state index in [4.69, 9.17) is 5.11 Å². The van der Waals surface area contributed by atoms with Crippen molar-refractivity contribution in [2.45, 2.75) is 20.8 Å². The van der Waals surface area contributed by atoms with Crippen LogP contribution >= 0.6 is 0 Å². The number of phenols is 1. The smallest absolute Gasteiger partial charge is 0.302 e. The molecule has 0 fully saturated rings. The van der Waals surface area contributed by atoms with E-state index in [1.54, 1.807) is 19.1 Å². The summed E-state index contributed by atoms with van der Waals surface area (Å²) in [6, 6.07) is 7.09. The first-order chi connectivity index (χ1) is 6.56. The number of carbonyl (C=O) groups is 1. The van der Waals surface area contributed by atoms with Crippen molar-refractivity contribution in [2.24, 2.45) is 0 Å². The van der Waals surface area contributed by atoms with Crippen LogP contribution in [0.3, 0.4) is 0 Å². The minimum Gasteiger partial charge on any atom is -0.508 e. The molecule has 0 aliphatic heterocycles. The van der Waals surface area contributed by atoms with E-state index >= 15 is 0 Å². The highest BCUT2D eigenvalue weighted by molar-refractivity contribution is 5.65. The van der Waals surface area contributed by atoms with Crippen molar-refractivity contribution in [3.8, 4) is 5.75 Å². The molecule has 1 aromatic rings. The largest absolute Gasteiger partial charge is 0.508 e. The molecule has 0 aliphatic carbocycles. The fourth-order valence-corrected chi connectivity index (χ4v) is 0.748. The summed E-state index contributed by atoms with van der Waals surface area (Å²) in [7, 11) is 0. The quantitative estimate of drug-likeness (QED) is 0.701. The molecule has 1 rings (SSSR count). The number of esters is 1. The van der Waals surface area contributed by atoms with Crippen molar-refractivity contribution in [3.05, 3.63) is 29.8 Å². The Morgan fingerprint density at radius 1 is 1.36 bits per heavy atom. The van der Waals surface area contributed by atoms with Crippen molar-refractivity contribution < 1.29 is 14.6 Å². The molecular formula is C11H16O3. The van der Waals surface area contributed by atoms with E-state index in [2.05, 4.69) is 4.74 Å². The van der Waals surface area contributed by atoms with E-state index in [0.717, 1.165) is 0 Å². The molecule has 78 valence electrons. The lowest BCUT2D eigenvalue weighted by atomic mass is 10.2. The van der Waals surface area contributed by atoms with Gasteiger partial charge in [0.25, 0.3) is 0 Å². The molecule has 0 spiro atoms. The number of carbonyl (C=O) groups excluding carboxylic acids is 1. The highest BCUT2D eigenvalue weighted by Crippen LogP contribution is 2.07. The number of ether oxygens (including phenoxy) is 1. The van der Waals surface area contributed by atoms with Gasteiger partial charge in [-0.3, -0.25) is 4.79 Å². The van der Waals surface area contributed by atoms with Crippen molar-refractivity contribution in [1.29, 1.82) is 0 Å². The van der Waals surface area contributed by atoms with Gasteiger partial charge in [-0.05, 0) is 26.0 Å². The van der Waals surface area contributed by atoms with Gasteiger partial charge >= 0.3 is 5.97 Å². The number of hydrogen-bond donors (Lipinski definition) is 1. The predicted molar refractivity (Wildman–Crippen MR) is 55.2 cm³/mol. The van der Waals surface area contributed by atoms with Crippen LogP contribution in [0.2, 0.25) is 0 Å². The van der Waals surface area contributed by atoms with Gasteiger partial charge in [0.15, 0.2) is 0 Å². The summed E-state index contributed by atoms with van der Waals surface area (Å²) in [5, 5.41) is 8.76. The molecule has 1 aromatic carbocycles. The van der Waals surface area contributed by atoms with Gasteiger partial charge in [-0.1, -0.05) is 17.7 Å². The summed E-state index contributed by atoms with van der Waals surface area (Å²) in [6.07, 6.45) is 0. The molecule has 0 heterocycles. The zero-order chi connectivity index (χ0) is 11.0. The maximum absolute atomic E-state index is 9.82. The fourth-order valence-electron chi connectivity index (χ4n) is 0.748. The predicted octanol–water partition coefficient (Wildman–Crippen LogP) is 2.27. The maximum atomic E-state index is 9.82. The Hall–Kier alpha value is -1.51. The molecule has 0 saturated carbocycles. The molecule has 0 amide bonds. The third-order valence-corrected chi connectivity index (χ3v) is 1.38. The number of hydrogen-bond acceptors (Lipinski definition) is 3. The molecular weight excluding hydrogens is 180 g/mol. The molecule has 3 heteroatoms. The SMILES string of the molecule is CCOC(C)=O.Cc1ccc(O)cc1. The van der Waals surface area contributed by atoms with E-state index in [-0.39, 0.29) is 5.97 Å². The van der Waals surface area contributed by atoms with Crippen LogP contribution in [-0.4, -0.2) is 17.7 Å². The van der Waals surface area contributed by atoms with Crippen LogP contribution < -0.4 is 0 Å². The average molecular weight is 196 g/mol. The monoisotopic (exact) mass is 196 g/mol. The van der Waals surface area contributed by atoms with Crippen LogP contribution in [0, 0.1) is 6.92 Å². The minimum atomic E-state index is -0.211. The van der Waals surface area contributed by atoms with Crippen LogP contribution in [0.1, 0.15) is 19.4 Å². The molecule has 3 nitrogen and oxygen atoms in total. The molecule has 0 unspecified atom stereocenters. The van der Waals surface area contributed by atoms with Crippen LogP contribution in [-0.2, 0) is 9.53 Å². The van der Waals surface area contributed by atoms with Crippen molar-refractivity contribution in [3.63, 3.8) is 0 Å². The molecule has 0 aliphatic rings. The van der Waals surface area contributed by atoms with Gasteiger partial charge in [0.1, 0.15) is 5.75 Å². The third-order valence-electron chi connectivity index (χ3n) is 1.38. The molecule has 0 radical (unpaired) electrons. The summed E-state index contributed by atoms with van der Waals surface area (Å²) in [4.78, 5) is 9.82. The molecule has 1 N–H and O–H groups in total. The third kappa shape index (κ3) is 7.16. The second-order valence-electron chi connectivity index (χ2n) is 2.76. The van der Waals surface area contributed by atoms with Gasteiger partial charge in [-0.25, -0.2) is 0 Å². The normalized spacial score (nSPS) is 8.50. The first-order valence-electron chi connectivity index (χ1n) is 4.45. The first kappa shape index (κ1) is 12.5. The van der Waals surface area contributed by atoms with Crippen LogP contribution in [0.4, 0.5) is 0 Å². The van der Waals surface area contributed by atoms with Gasteiger partial charge in [0.2, 0.25) is 0 Å². The van der Waals surface area contributed by atoms with Crippen LogP contribution in [0.25, 0.3) is 0 Å². The summed E-state index contributed by atoms with van der Waals surface area (Å²) in [5.41, 5.74) is 1.17. The zero-order valence-corrected chi connectivity index (χ0v) is 8.78. The fraction of sp³-hybridized carbons (Fsp3) is 0.364. The zero-order valence-electron chi connectivity index (χ0n) is 8.78. The van der Waals surface area contributed by atoms with Gasteiger partial charge in [-0.15, -0.1) is 0 Å². The first-order valence-corrected chi connectivity index (χ1v) is 4.45. The number of aromatic hydroxyl groups is 1. The van der Waals surface area contributed by atoms with Crippen LogP contribution in [0.15, 0.2) is 24.3 Å². The highest BCUT2D eigenvalue weighted by atomic mass is 16.5. The van der Waals surface area contributed by atoms with E-state index < -0.39 is 0 Å². The lowest BCUT2D eigenvalue weighted by molar-refractivity contribution is -0.140. The Morgan fingerprint density at radius 2 is 1.86 bits per heavy atom. The van der Waals surface area contributed by atoms with Gasteiger partial charge in [0.05, 0.1) is 6.61 Å². The Bertz CT molecular complexity index is 243. The molecule has 14 heavy (non-hydrogen) atoms. The lowest BCUT2D eigenvalue weighted by Crippen LogP contribution is -1.95. The summed E-state index contributed by atoms with van der Waals surface area (Å²) >= 11 is 0. The molecule has 0 bridgehead atoms. The van der Waals surface area contributed by atoms with E-state index in [1.165, 1.54) is 12.5 Å². The maximum Gasteiger partial charge on any atom is 0.302 e. The van der Waals surface area contributed by atoms with Gasteiger partial charge in [-0.2, -0.15) is 0 Å². The van der Waals surface area contributed by atoms with Gasteiger partial charge < -0.3 is 9.84 Å². The lowest BCUT2D eigenvalue weighted by Gasteiger charge is -1.89. The van der Waals surface area contributed by atoms with E-state index in [1.807, 2.05) is 19.1 Å². The number of phenolic OH excluding ortho intramolecular Hbond substituents is 1. The van der Waals surface area contributed by atoms with Crippen molar-refractivity contribution in [2.75, 3.05) is 6.61 Å². The summed E-state index contributed by atoms with van der Waals surface area (Å²) < 4.78 is 4.40. The number of rotatable bonds is 1. The standard InChI is InChI=1S/C7H8O.C4H8O2/c1-6-2-4-7(8)5-3-6;1-3-6-4(2)5/h2-5,8H,1H3;3H2,1-2H3. The Morgan fingerprint density at radius 3 is 2.07 bits per heavy atom. The van der Waals surface area contributed by atoms with Crippen molar-refractivity contribution >= 4 is 5.97 Å². The van der Waals surface area contributed by atoms with Gasteiger partial charge in [0, 0.05) is 6.92 Å². The summed E-state index contributed by atoms with van der Waals surface area (Å²) in [6.45, 7) is 5.64. The topological polar surface area (TPSA) is 46.5 Å². The Labute approximate surface area is 84.3 Å². The average Bonchev–Trinajstić information content (AvgIpc) is 2.11.